The lowest BCUT2D eigenvalue weighted by Gasteiger charge is -2.06. The summed E-state index contributed by atoms with van der Waals surface area (Å²) < 4.78 is 2.12. The fourth-order valence-corrected chi connectivity index (χ4v) is 4.45. The Kier molecular flexibility index (Phi) is 6.14. The highest BCUT2D eigenvalue weighted by Crippen LogP contribution is 2.34. The zero-order valence-electron chi connectivity index (χ0n) is 18.7. The third kappa shape index (κ3) is 5.02. The number of amides is 2. The highest BCUT2D eigenvalue weighted by atomic mass is 32.1. The molecule has 0 unspecified atom stereocenters. The van der Waals surface area contributed by atoms with E-state index in [2.05, 4.69) is 43.4 Å². The second-order valence-corrected chi connectivity index (χ2v) is 9.30. The average molecular weight is 472 g/mol. The first-order valence-electron chi connectivity index (χ1n) is 11.2. The molecule has 8 heteroatoms. The molecule has 0 aliphatic heterocycles. The molecule has 0 saturated heterocycles. The Bertz CT molecular complexity index is 1420. The molecule has 7 nitrogen and oxygen atoms in total. The number of hydrogen-bond acceptors (Lipinski definition) is 4. The lowest BCUT2D eigenvalue weighted by Crippen LogP contribution is -2.11. The molecule has 172 valence electrons. The monoisotopic (exact) mass is 471 g/mol. The van der Waals surface area contributed by atoms with E-state index in [-0.39, 0.29) is 11.8 Å². The molecular formula is C26H25N5O2S. The van der Waals surface area contributed by atoms with Gasteiger partial charge in [0.1, 0.15) is 0 Å². The van der Waals surface area contributed by atoms with Crippen LogP contribution in [-0.4, -0.2) is 26.3 Å². The topological polar surface area (TPSA) is 91.8 Å². The maximum Gasteiger partial charge on any atom is 0.259 e. The smallest absolute Gasteiger partial charge is 0.259 e. The van der Waals surface area contributed by atoms with E-state index in [9.17, 15) is 9.59 Å². The van der Waals surface area contributed by atoms with Gasteiger partial charge in [-0.2, -0.15) is 0 Å². The summed E-state index contributed by atoms with van der Waals surface area (Å²) in [5.41, 5.74) is 3.53. The number of hydrogen-bond donors (Lipinski definition) is 3. The highest BCUT2D eigenvalue weighted by molar-refractivity contribution is 7.13. The molecule has 0 bridgehead atoms. The summed E-state index contributed by atoms with van der Waals surface area (Å²) in [4.78, 5) is 31.2. The molecule has 0 radical (unpaired) electrons. The van der Waals surface area contributed by atoms with Gasteiger partial charge in [0.25, 0.3) is 5.91 Å². The maximum absolute atomic E-state index is 12.7. The number of carbonyl (C=O) groups excluding carboxylic acids is 2. The molecule has 6 rings (SSSR count). The first kappa shape index (κ1) is 21.9. The van der Waals surface area contributed by atoms with Crippen molar-refractivity contribution in [2.24, 2.45) is 5.92 Å². The average Bonchev–Trinajstić information content (AvgIpc) is 3.18. The second-order valence-electron chi connectivity index (χ2n) is 8.41. The molecule has 1 aliphatic carbocycles. The van der Waals surface area contributed by atoms with Gasteiger partial charge in [-0.05, 0) is 54.5 Å². The fraction of sp³-hybridized carbons (Fsp3) is 0.192. The van der Waals surface area contributed by atoms with E-state index in [0.717, 1.165) is 23.1 Å². The number of nitrogens with zero attached hydrogens (tertiary/aromatic N) is 2. The molecular weight excluding hydrogens is 446 g/mol. The van der Waals surface area contributed by atoms with E-state index in [1.165, 1.54) is 42.0 Å². The van der Waals surface area contributed by atoms with Gasteiger partial charge < -0.3 is 14.9 Å². The first-order chi connectivity index (χ1) is 16.6. The van der Waals surface area contributed by atoms with Crippen molar-refractivity contribution in [3.63, 3.8) is 0 Å². The molecule has 3 aromatic heterocycles. The quantitative estimate of drug-likeness (QED) is 0.299. The third-order valence-corrected chi connectivity index (χ3v) is 6.40. The molecule has 1 fully saturated rings. The number of para-hydroxylation sites is 1. The van der Waals surface area contributed by atoms with Crippen molar-refractivity contribution in [3.8, 4) is 0 Å². The SMILES string of the molecule is CC(=O)Nc1ccc2c(C(=O)Nc3nccs3)cn(CC3CC3)c2c1.c1ccc2[nH]ccc2c1. The van der Waals surface area contributed by atoms with Crippen molar-refractivity contribution in [2.45, 2.75) is 26.3 Å². The fourth-order valence-electron chi connectivity index (χ4n) is 3.93. The number of carbonyl (C=O) groups is 2. The Morgan fingerprint density at radius 3 is 2.74 bits per heavy atom. The summed E-state index contributed by atoms with van der Waals surface area (Å²) >= 11 is 1.39. The van der Waals surface area contributed by atoms with Crippen LogP contribution >= 0.6 is 11.3 Å². The Balaban J connectivity index is 0.000000222. The van der Waals surface area contributed by atoms with Crippen LogP contribution in [-0.2, 0) is 11.3 Å². The molecule has 0 spiro atoms. The summed E-state index contributed by atoms with van der Waals surface area (Å²) in [6, 6.07) is 15.9. The van der Waals surface area contributed by atoms with Gasteiger partial charge in [-0.1, -0.05) is 18.2 Å². The van der Waals surface area contributed by atoms with Crippen LogP contribution < -0.4 is 10.6 Å². The molecule has 1 aliphatic rings. The van der Waals surface area contributed by atoms with Gasteiger partial charge in [0.15, 0.2) is 5.13 Å². The number of H-pyrrole nitrogens is 1. The van der Waals surface area contributed by atoms with Crippen LogP contribution in [0, 0.1) is 5.92 Å². The Hall–Kier alpha value is -3.91. The van der Waals surface area contributed by atoms with Gasteiger partial charge in [-0.25, -0.2) is 4.98 Å². The second kappa shape index (κ2) is 9.52. The van der Waals surface area contributed by atoms with Gasteiger partial charge >= 0.3 is 0 Å². The van der Waals surface area contributed by atoms with E-state index in [1.807, 2.05) is 48.1 Å². The van der Waals surface area contributed by atoms with Crippen LogP contribution in [0.3, 0.4) is 0 Å². The van der Waals surface area contributed by atoms with Crippen LogP contribution in [0.25, 0.3) is 21.8 Å². The summed E-state index contributed by atoms with van der Waals surface area (Å²) in [6.45, 7) is 2.38. The molecule has 1 saturated carbocycles. The minimum Gasteiger partial charge on any atom is -0.361 e. The minimum absolute atomic E-state index is 0.110. The van der Waals surface area contributed by atoms with Gasteiger partial charge in [0.05, 0.1) is 11.1 Å². The minimum atomic E-state index is -0.165. The number of rotatable bonds is 5. The lowest BCUT2D eigenvalue weighted by molar-refractivity contribution is -0.114. The van der Waals surface area contributed by atoms with Crippen LogP contribution in [0.4, 0.5) is 10.8 Å². The number of aromatic nitrogens is 3. The Morgan fingerprint density at radius 2 is 2.00 bits per heavy atom. The standard InChI is InChI=1S/C18H18N4O2S.C8H7N/c1-11(23)20-13-4-5-14-15(17(24)21-18-19-6-7-25-18)10-22(16(14)8-13)9-12-2-3-12;1-2-4-8-7(3-1)5-6-9-8/h4-8,10,12H,2-3,9H2,1H3,(H,20,23)(H,19,21,24);1-6,9H. The van der Waals surface area contributed by atoms with E-state index in [0.29, 0.717) is 16.6 Å². The van der Waals surface area contributed by atoms with Crippen LogP contribution in [0.15, 0.2) is 72.5 Å². The van der Waals surface area contributed by atoms with Crippen molar-refractivity contribution in [2.75, 3.05) is 10.6 Å². The van der Waals surface area contributed by atoms with Crippen LogP contribution in [0.1, 0.15) is 30.1 Å². The molecule has 3 heterocycles. The molecule has 0 atom stereocenters. The molecule has 34 heavy (non-hydrogen) atoms. The lowest BCUT2D eigenvalue weighted by atomic mass is 10.1. The van der Waals surface area contributed by atoms with Crippen LogP contribution in [0.5, 0.6) is 0 Å². The van der Waals surface area contributed by atoms with Crippen molar-refractivity contribution >= 4 is 55.8 Å². The Labute approximate surface area is 200 Å². The number of nitrogens with one attached hydrogen (secondary N) is 3. The summed E-state index contributed by atoms with van der Waals surface area (Å²) in [5.74, 6) is 0.401. The van der Waals surface area contributed by atoms with Gasteiger partial charge in [-0.3, -0.25) is 14.9 Å². The number of fused-ring (bicyclic) bond motifs is 2. The van der Waals surface area contributed by atoms with Crippen molar-refractivity contribution in [1.82, 2.24) is 14.5 Å². The highest BCUT2D eigenvalue weighted by Gasteiger charge is 2.24. The van der Waals surface area contributed by atoms with Gasteiger partial charge in [-0.15, -0.1) is 11.3 Å². The van der Waals surface area contributed by atoms with Crippen LogP contribution in [0.2, 0.25) is 0 Å². The van der Waals surface area contributed by atoms with E-state index >= 15 is 0 Å². The van der Waals surface area contributed by atoms with Crippen molar-refractivity contribution in [3.05, 3.63) is 78.1 Å². The third-order valence-electron chi connectivity index (χ3n) is 5.71. The zero-order valence-corrected chi connectivity index (χ0v) is 19.6. The van der Waals surface area contributed by atoms with E-state index in [4.69, 9.17) is 0 Å². The van der Waals surface area contributed by atoms with E-state index < -0.39 is 0 Å². The first-order valence-corrected chi connectivity index (χ1v) is 12.1. The number of benzene rings is 2. The Morgan fingerprint density at radius 1 is 1.15 bits per heavy atom. The van der Waals surface area contributed by atoms with Crippen molar-refractivity contribution < 1.29 is 9.59 Å². The summed E-state index contributed by atoms with van der Waals surface area (Å²) in [6.07, 6.45) is 7.97. The summed E-state index contributed by atoms with van der Waals surface area (Å²) in [7, 11) is 0. The number of thiazole rings is 1. The normalized spacial score (nSPS) is 12.9. The van der Waals surface area contributed by atoms with Crippen molar-refractivity contribution in [1.29, 1.82) is 0 Å². The van der Waals surface area contributed by atoms with E-state index in [1.54, 1.807) is 6.20 Å². The number of aromatic amines is 1. The molecule has 2 amide bonds. The zero-order chi connectivity index (χ0) is 23.5. The molecule has 3 N–H and O–H groups in total. The summed E-state index contributed by atoms with van der Waals surface area (Å²) in [5, 5.41) is 10.2. The van der Waals surface area contributed by atoms with Gasteiger partial charge in [0, 0.05) is 54.0 Å². The number of anilines is 2. The molecule has 2 aromatic carbocycles. The predicted molar refractivity (Wildman–Crippen MR) is 137 cm³/mol. The molecule has 5 aromatic rings. The predicted octanol–water partition coefficient (Wildman–Crippen LogP) is 5.89. The largest absolute Gasteiger partial charge is 0.361 e. The maximum atomic E-state index is 12.7. The van der Waals surface area contributed by atoms with Gasteiger partial charge in [0.2, 0.25) is 5.91 Å².